The lowest BCUT2D eigenvalue weighted by Crippen LogP contribution is -2.21. The Bertz CT molecular complexity index is 331. The minimum atomic E-state index is -0.619. The van der Waals surface area contributed by atoms with E-state index in [0.29, 0.717) is 0 Å². The molecule has 0 radical (unpaired) electrons. The van der Waals surface area contributed by atoms with E-state index in [4.69, 9.17) is 0 Å². The molecule has 0 atom stereocenters. The summed E-state index contributed by atoms with van der Waals surface area (Å²) in [6.45, 7) is 8.90. The molecule has 1 aliphatic rings. The summed E-state index contributed by atoms with van der Waals surface area (Å²) in [6.07, 6.45) is 2.69. The summed E-state index contributed by atoms with van der Waals surface area (Å²) in [4.78, 5) is 0. The molecule has 1 aromatic rings. The van der Waals surface area contributed by atoms with Crippen LogP contribution in [0.15, 0.2) is 30.8 Å². The number of allylic oxidation sites excluding steroid dienone is 1. The van der Waals surface area contributed by atoms with Gasteiger partial charge in [0.25, 0.3) is 0 Å². The Labute approximate surface area is 88.3 Å². The Morgan fingerprint density at radius 3 is 2.21 bits per heavy atom. The SMILES string of the molecule is C=C(c1ccc([SiH](C)C)cc1)C1CC1. The second kappa shape index (κ2) is 3.74. The third-order valence-corrected chi connectivity index (χ3v) is 4.74. The standard InChI is InChI=1S/C13H18Si/c1-10(11-4-5-11)12-6-8-13(9-7-12)14(2)3/h6-9,11,14H,1,4-5H2,2-3H3. The highest BCUT2D eigenvalue weighted by Gasteiger charge is 2.25. The van der Waals surface area contributed by atoms with Gasteiger partial charge in [-0.15, -0.1) is 0 Å². The Hall–Kier alpha value is -0.823. The highest BCUT2D eigenvalue weighted by molar-refractivity contribution is 6.70. The number of benzene rings is 1. The van der Waals surface area contributed by atoms with Crippen LogP contribution < -0.4 is 5.19 Å². The van der Waals surface area contributed by atoms with Crippen LogP contribution in [0, 0.1) is 5.92 Å². The van der Waals surface area contributed by atoms with E-state index >= 15 is 0 Å². The minimum Gasteiger partial charge on any atom is -0.0950 e. The van der Waals surface area contributed by atoms with Gasteiger partial charge >= 0.3 is 0 Å². The molecule has 0 spiro atoms. The van der Waals surface area contributed by atoms with E-state index in [1.54, 1.807) is 5.19 Å². The van der Waals surface area contributed by atoms with Crippen LogP contribution in [-0.2, 0) is 0 Å². The molecule has 0 N–H and O–H groups in total. The molecule has 1 aromatic carbocycles. The molecule has 0 aromatic heterocycles. The molecule has 0 heterocycles. The van der Waals surface area contributed by atoms with Crippen molar-refractivity contribution in [1.82, 2.24) is 0 Å². The van der Waals surface area contributed by atoms with Gasteiger partial charge in [-0.2, -0.15) is 0 Å². The van der Waals surface area contributed by atoms with E-state index in [2.05, 4.69) is 43.9 Å². The Morgan fingerprint density at radius 2 is 1.79 bits per heavy atom. The third-order valence-electron chi connectivity index (χ3n) is 3.02. The largest absolute Gasteiger partial charge is 0.0950 e. The van der Waals surface area contributed by atoms with Crippen molar-refractivity contribution in [3.05, 3.63) is 36.4 Å². The Balaban J connectivity index is 2.16. The number of hydrogen-bond donors (Lipinski definition) is 0. The molecule has 0 bridgehead atoms. The number of hydrogen-bond acceptors (Lipinski definition) is 0. The zero-order chi connectivity index (χ0) is 10.1. The minimum absolute atomic E-state index is 0.619. The lowest BCUT2D eigenvalue weighted by Gasteiger charge is -2.07. The lowest BCUT2D eigenvalue weighted by molar-refractivity contribution is 1.15. The van der Waals surface area contributed by atoms with Crippen molar-refractivity contribution in [2.45, 2.75) is 25.9 Å². The first-order chi connectivity index (χ1) is 6.68. The monoisotopic (exact) mass is 202 g/mol. The summed E-state index contributed by atoms with van der Waals surface area (Å²) in [5.74, 6) is 0.789. The lowest BCUT2D eigenvalue weighted by atomic mass is 10.0. The maximum Gasteiger partial charge on any atom is 0.0647 e. The fraction of sp³-hybridized carbons (Fsp3) is 0.385. The summed E-state index contributed by atoms with van der Waals surface area (Å²) in [7, 11) is -0.619. The Kier molecular flexibility index (Phi) is 2.59. The van der Waals surface area contributed by atoms with E-state index in [1.807, 2.05) is 0 Å². The molecule has 0 aliphatic heterocycles. The van der Waals surface area contributed by atoms with Crippen molar-refractivity contribution >= 4 is 19.6 Å². The zero-order valence-electron chi connectivity index (χ0n) is 9.09. The molecule has 1 heteroatoms. The van der Waals surface area contributed by atoms with Gasteiger partial charge < -0.3 is 0 Å². The first kappa shape index (κ1) is 9.72. The predicted molar refractivity (Wildman–Crippen MR) is 66.7 cm³/mol. The molecule has 74 valence electrons. The molecule has 1 fully saturated rings. The van der Waals surface area contributed by atoms with Gasteiger partial charge in [0.05, 0.1) is 8.80 Å². The van der Waals surface area contributed by atoms with E-state index in [-0.39, 0.29) is 0 Å². The second-order valence-corrected chi connectivity index (χ2v) is 7.55. The fourth-order valence-electron chi connectivity index (χ4n) is 1.75. The van der Waals surface area contributed by atoms with Crippen LogP contribution in [0.5, 0.6) is 0 Å². The first-order valence-corrected chi connectivity index (χ1v) is 8.36. The van der Waals surface area contributed by atoms with Crippen molar-refractivity contribution in [3.8, 4) is 0 Å². The van der Waals surface area contributed by atoms with Crippen LogP contribution in [0.4, 0.5) is 0 Å². The normalized spacial score (nSPS) is 15.9. The van der Waals surface area contributed by atoms with Gasteiger partial charge in [0.1, 0.15) is 0 Å². The van der Waals surface area contributed by atoms with Crippen LogP contribution in [0.2, 0.25) is 13.1 Å². The van der Waals surface area contributed by atoms with Crippen LogP contribution >= 0.6 is 0 Å². The highest BCUT2D eigenvalue weighted by atomic mass is 28.3. The maximum absolute atomic E-state index is 4.17. The fourth-order valence-corrected chi connectivity index (χ4v) is 2.71. The van der Waals surface area contributed by atoms with Crippen molar-refractivity contribution in [2.75, 3.05) is 0 Å². The van der Waals surface area contributed by atoms with Crippen LogP contribution in [-0.4, -0.2) is 8.80 Å². The average molecular weight is 202 g/mol. The molecule has 1 saturated carbocycles. The maximum atomic E-state index is 4.17. The molecule has 0 amide bonds. The van der Waals surface area contributed by atoms with Gasteiger partial charge in [-0.1, -0.05) is 49.1 Å². The molecule has 0 nitrogen and oxygen atoms in total. The van der Waals surface area contributed by atoms with E-state index in [9.17, 15) is 0 Å². The van der Waals surface area contributed by atoms with E-state index in [0.717, 1.165) is 5.92 Å². The van der Waals surface area contributed by atoms with Gasteiger partial charge in [-0.3, -0.25) is 0 Å². The van der Waals surface area contributed by atoms with Gasteiger partial charge in [-0.05, 0) is 29.9 Å². The van der Waals surface area contributed by atoms with Crippen molar-refractivity contribution in [2.24, 2.45) is 5.92 Å². The zero-order valence-corrected chi connectivity index (χ0v) is 10.2. The molecule has 2 rings (SSSR count). The summed E-state index contributed by atoms with van der Waals surface area (Å²) in [5.41, 5.74) is 2.70. The average Bonchev–Trinajstić information content (AvgIpc) is 3.00. The highest BCUT2D eigenvalue weighted by Crippen LogP contribution is 2.40. The van der Waals surface area contributed by atoms with Gasteiger partial charge in [0.2, 0.25) is 0 Å². The predicted octanol–water partition coefficient (Wildman–Crippen LogP) is 2.80. The van der Waals surface area contributed by atoms with E-state index in [1.165, 1.54) is 24.0 Å². The molecule has 1 aliphatic carbocycles. The van der Waals surface area contributed by atoms with Crippen molar-refractivity contribution < 1.29 is 0 Å². The van der Waals surface area contributed by atoms with Crippen LogP contribution in [0.3, 0.4) is 0 Å². The Morgan fingerprint density at radius 1 is 1.21 bits per heavy atom. The molecule has 0 saturated heterocycles. The quantitative estimate of drug-likeness (QED) is 0.661. The first-order valence-electron chi connectivity index (χ1n) is 5.47. The molecular formula is C13H18Si. The third kappa shape index (κ3) is 1.98. The van der Waals surface area contributed by atoms with E-state index < -0.39 is 8.80 Å². The van der Waals surface area contributed by atoms with Crippen LogP contribution in [0.1, 0.15) is 18.4 Å². The summed E-state index contributed by atoms with van der Waals surface area (Å²) in [6, 6.07) is 9.09. The summed E-state index contributed by atoms with van der Waals surface area (Å²) in [5, 5.41) is 1.55. The van der Waals surface area contributed by atoms with Gasteiger partial charge in [-0.25, -0.2) is 0 Å². The van der Waals surface area contributed by atoms with Crippen molar-refractivity contribution in [1.29, 1.82) is 0 Å². The van der Waals surface area contributed by atoms with Gasteiger partial charge in [0, 0.05) is 0 Å². The molecule has 0 unspecified atom stereocenters. The molecule has 14 heavy (non-hydrogen) atoms. The van der Waals surface area contributed by atoms with Gasteiger partial charge in [0.15, 0.2) is 0 Å². The van der Waals surface area contributed by atoms with Crippen molar-refractivity contribution in [3.63, 3.8) is 0 Å². The topological polar surface area (TPSA) is 0 Å². The number of rotatable bonds is 3. The second-order valence-electron chi connectivity index (χ2n) is 4.58. The summed E-state index contributed by atoms with van der Waals surface area (Å²) >= 11 is 0. The smallest absolute Gasteiger partial charge is 0.0647 e. The van der Waals surface area contributed by atoms with Crippen LogP contribution in [0.25, 0.3) is 5.57 Å². The molecular weight excluding hydrogens is 184 g/mol. The summed E-state index contributed by atoms with van der Waals surface area (Å²) < 4.78 is 0.